The van der Waals surface area contributed by atoms with Crippen LogP contribution < -0.4 is 14.4 Å². The molecule has 7 nitrogen and oxygen atoms in total. The minimum absolute atomic E-state index is 0.0143. The summed E-state index contributed by atoms with van der Waals surface area (Å²) in [4.78, 5) is 25.2. The van der Waals surface area contributed by atoms with E-state index in [1.165, 1.54) is 12.3 Å². The first-order chi connectivity index (χ1) is 18.0. The summed E-state index contributed by atoms with van der Waals surface area (Å²) >= 11 is 0. The Hall–Kier alpha value is -3.75. The molecule has 1 aliphatic heterocycles. The highest BCUT2D eigenvalue weighted by atomic mass is 19.3. The van der Waals surface area contributed by atoms with Crippen molar-refractivity contribution < 1.29 is 23.0 Å². The van der Waals surface area contributed by atoms with Crippen LogP contribution >= 0.6 is 0 Å². The summed E-state index contributed by atoms with van der Waals surface area (Å²) in [5, 5.41) is 0. The van der Waals surface area contributed by atoms with Crippen LogP contribution in [0.2, 0.25) is 0 Å². The van der Waals surface area contributed by atoms with Gasteiger partial charge in [0.2, 0.25) is 5.91 Å². The molecule has 0 unspecified atom stereocenters. The third-order valence-corrected chi connectivity index (χ3v) is 6.70. The third kappa shape index (κ3) is 6.93. The van der Waals surface area contributed by atoms with Crippen molar-refractivity contribution in [3.8, 4) is 11.5 Å². The number of carbonyl (C=O) groups excluding carboxylic acids is 1. The minimum Gasteiger partial charge on any atom is -0.486 e. The van der Waals surface area contributed by atoms with E-state index in [1.54, 1.807) is 12.1 Å². The van der Waals surface area contributed by atoms with Crippen LogP contribution in [0.4, 0.5) is 14.5 Å². The molecule has 2 aliphatic rings. The number of alkyl halides is 2. The molecule has 2 aromatic rings. The summed E-state index contributed by atoms with van der Waals surface area (Å²) < 4.78 is 36.7. The van der Waals surface area contributed by atoms with E-state index in [1.807, 2.05) is 35.2 Å². The summed E-state index contributed by atoms with van der Waals surface area (Å²) in [5.41, 5.74) is 1.95. The second kappa shape index (κ2) is 12.5. The van der Waals surface area contributed by atoms with Gasteiger partial charge in [0.25, 0.3) is 0 Å². The van der Waals surface area contributed by atoms with Crippen molar-refractivity contribution in [2.24, 2.45) is 9.98 Å². The SMILES string of the molecule is C=CN=C(CC(=O)N1CCN(c2ccc(OC(F)F)c(OC3CCC3)c2)C[C@@H]1Cc1ccccc1)N=C. The summed E-state index contributed by atoms with van der Waals surface area (Å²) in [7, 11) is 0. The zero-order chi connectivity index (χ0) is 26.2. The number of nitrogens with zero attached hydrogens (tertiary/aromatic N) is 4. The molecule has 4 rings (SSSR count). The zero-order valence-corrected chi connectivity index (χ0v) is 20.8. The Kier molecular flexibility index (Phi) is 8.87. The van der Waals surface area contributed by atoms with Crippen LogP contribution in [-0.4, -0.2) is 61.8 Å². The standard InChI is InChI=1S/C28H32F2N4O3/c1-3-32-26(31-2)18-27(35)34-15-14-33(19-22(34)16-20-8-5-4-6-9-20)21-12-13-24(37-28(29)30)25(17-21)36-23-10-7-11-23/h3-6,8-9,12-13,17,22-23,28H,1-2,7,10-11,14-16,18-19H2/t22-/m0/s1. The van der Waals surface area contributed by atoms with Gasteiger partial charge in [-0.05, 0) is 50.1 Å². The fourth-order valence-corrected chi connectivity index (χ4v) is 4.61. The predicted octanol–water partition coefficient (Wildman–Crippen LogP) is 5.11. The van der Waals surface area contributed by atoms with Gasteiger partial charge in [-0.15, -0.1) is 0 Å². The van der Waals surface area contributed by atoms with Crippen LogP contribution in [0.15, 0.2) is 71.3 Å². The van der Waals surface area contributed by atoms with Gasteiger partial charge in [0, 0.05) is 37.6 Å². The molecular weight excluding hydrogens is 478 g/mol. The van der Waals surface area contributed by atoms with Crippen molar-refractivity contribution in [2.45, 2.75) is 50.9 Å². The molecule has 0 bridgehead atoms. The molecule has 2 fully saturated rings. The molecule has 1 amide bonds. The molecule has 1 atom stereocenters. The lowest BCUT2D eigenvalue weighted by molar-refractivity contribution is -0.132. The number of benzene rings is 2. The fraction of sp³-hybridized carbons (Fsp3) is 0.393. The van der Waals surface area contributed by atoms with Crippen LogP contribution in [0.5, 0.6) is 11.5 Å². The highest BCUT2D eigenvalue weighted by molar-refractivity contribution is 6.02. The first-order valence-corrected chi connectivity index (χ1v) is 12.4. The van der Waals surface area contributed by atoms with Crippen molar-refractivity contribution in [3.05, 3.63) is 66.9 Å². The van der Waals surface area contributed by atoms with E-state index >= 15 is 0 Å². The van der Waals surface area contributed by atoms with Crippen molar-refractivity contribution in [3.63, 3.8) is 0 Å². The fourth-order valence-electron chi connectivity index (χ4n) is 4.61. The van der Waals surface area contributed by atoms with E-state index < -0.39 is 6.61 Å². The normalized spacial score (nSPS) is 18.4. The summed E-state index contributed by atoms with van der Waals surface area (Å²) in [6, 6.07) is 14.9. The summed E-state index contributed by atoms with van der Waals surface area (Å²) in [5.74, 6) is 0.603. The number of hydrogen-bond acceptors (Lipinski definition) is 5. The number of amides is 1. The molecule has 2 aromatic carbocycles. The topological polar surface area (TPSA) is 66.7 Å². The second-order valence-electron chi connectivity index (χ2n) is 9.12. The van der Waals surface area contributed by atoms with E-state index in [2.05, 4.69) is 28.2 Å². The van der Waals surface area contributed by atoms with Gasteiger partial charge >= 0.3 is 6.61 Å². The largest absolute Gasteiger partial charge is 0.486 e. The van der Waals surface area contributed by atoms with Gasteiger partial charge in [0.15, 0.2) is 11.5 Å². The van der Waals surface area contributed by atoms with Gasteiger partial charge in [0.05, 0.1) is 18.6 Å². The Bertz CT molecular complexity index is 1120. The molecule has 1 aliphatic carbocycles. The maximum absolute atomic E-state index is 13.2. The van der Waals surface area contributed by atoms with E-state index in [0.717, 1.165) is 30.5 Å². The molecule has 0 spiro atoms. The second-order valence-corrected chi connectivity index (χ2v) is 9.12. The highest BCUT2D eigenvalue weighted by Crippen LogP contribution is 2.37. The molecule has 1 heterocycles. The van der Waals surface area contributed by atoms with Crippen LogP contribution in [-0.2, 0) is 11.2 Å². The maximum atomic E-state index is 13.2. The number of hydrogen-bond donors (Lipinski definition) is 0. The van der Waals surface area contributed by atoms with Crippen LogP contribution in [0.25, 0.3) is 0 Å². The van der Waals surface area contributed by atoms with Gasteiger partial charge in [-0.2, -0.15) is 8.78 Å². The lowest BCUT2D eigenvalue weighted by Crippen LogP contribution is -2.56. The number of carbonyl (C=O) groups is 1. The average Bonchev–Trinajstić information content (AvgIpc) is 2.87. The number of amidine groups is 1. The Labute approximate surface area is 216 Å². The average molecular weight is 511 g/mol. The molecule has 0 radical (unpaired) electrons. The molecule has 1 saturated heterocycles. The highest BCUT2D eigenvalue weighted by Gasteiger charge is 2.32. The van der Waals surface area contributed by atoms with E-state index in [9.17, 15) is 13.6 Å². The van der Waals surface area contributed by atoms with Crippen LogP contribution in [0, 0.1) is 0 Å². The Morgan fingerprint density at radius 1 is 1.14 bits per heavy atom. The van der Waals surface area contributed by atoms with Gasteiger partial charge in [-0.1, -0.05) is 36.9 Å². The van der Waals surface area contributed by atoms with Gasteiger partial charge in [-0.25, -0.2) is 9.98 Å². The number of piperazine rings is 1. The smallest absolute Gasteiger partial charge is 0.387 e. The third-order valence-electron chi connectivity index (χ3n) is 6.70. The number of rotatable bonds is 10. The van der Waals surface area contributed by atoms with Crippen LogP contribution in [0.1, 0.15) is 31.2 Å². The van der Waals surface area contributed by atoms with E-state index in [0.29, 0.717) is 37.6 Å². The van der Waals surface area contributed by atoms with Gasteiger partial charge in [0.1, 0.15) is 5.84 Å². The maximum Gasteiger partial charge on any atom is 0.387 e. The summed E-state index contributed by atoms with van der Waals surface area (Å²) in [6.45, 7) is 5.77. The van der Waals surface area contributed by atoms with Crippen molar-refractivity contribution >= 4 is 24.1 Å². The van der Waals surface area contributed by atoms with E-state index in [-0.39, 0.29) is 30.2 Å². The number of anilines is 1. The first-order valence-electron chi connectivity index (χ1n) is 12.4. The lowest BCUT2D eigenvalue weighted by Gasteiger charge is -2.43. The molecule has 196 valence electrons. The quantitative estimate of drug-likeness (QED) is 0.329. The molecule has 1 saturated carbocycles. The predicted molar refractivity (Wildman–Crippen MR) is 141 cm³/mol. The van der Waals surface area contributed by atoms with Gasteiger partial charge in [-0.3, -0.25) is 4.79 Å². The van der Waals surface area contributed by atoms with Gasteiger partial charge < -0.3 is 19.3 Å². The number of ether oxygens (including phenoxy) is 2. The molecular formula is C28H32F2N4O3. The Morgan fingerprint density at radius 3 is 2.57 bits per heavy atom. The molecule has 9 heteroatoms. The molecule has 37 heavy (non-hydrogen) atoms. The summed E-state index contributed by atoms with van der Waals surface area (Å²) in [6.07, 6.45) is 4.93. The van der Waals surface area contributed by atoms with Crippen molar-refractivity contribution in [1.82, 2.24) is 4.90 Å². The van der Waals surface area contributed by atoms with Crippen LogP contribution in [0.3, 0.4) is 0 Å². The lowest BCUT2D eigenvalue weighted by atomic mass is 9.96. The monoisotopic (exact) mass is 510 g/mol. The number of aliphatic imine (C=N–C) groups is 2. The zero-order valence-electron chi connectivity index (χ0n) is 20.8. The first kappa shape index (κ1) is 26.3. The molecule has 0 aromatic heterocycles. The van der Waals surface area contributed by atoms with Crippen molar-refractivity contribution in [1.29, 1.82) is 0 Å². The minimum atomic E-state index is -2.93. The molecule has 0 N–H and O–H groups in total. The Balaban J connectivity index is 1.56. The number of halogens is 2. The van der Waals surface area contributed by atoms with Crippen molar-refractivity contribution in [2.75, 3.05) is 24.5 Å². The van der Waals surface area contributed by atoms with E-state index in [4.69, 9.17) is 9.47 Å². The Morgan fingerprint density at radius 2 is 1.92 bits per heavy atom.